The van der Waals surface area contributed by atoms with E-state index in [-0.39, 0.29) is 11.3 Å². The predicted octanol–water partition coefficient (Wildman–Crippen LogP) is 1.24. The van der Waals surface area contributed by atoms with Crippen LogP contribution in [0.4, 0.5) is 0 Å². The summed E-state index contributed by atoms with van der Waals surface area (Å²) in [6, 6.07) is 0.402. The molecule has 1 atom stereocenters. The highest BCUT2D eigenvalue weighted by Gasteiger charge is 2.36. The van der Waals surface area contributed by atoms with Crippen LogP contribution in [0.1, 0.15) is 33.6 Å². The zero-order valence-corrected chi connectivity index (χ0v) is 10.0. The van der Waals surface area contributed by atoms with Gasteiger partial charge in [0, 0.05) is 18.0 Å². The second-order valence-corrected chi connectivity index (χ2v) is 5.97. The zero-order valence-electron chi connectivity index (χ0n) is 10.0. The fraction of sp³-hybridized carbons (Fsp3) is 0.917. The number of nitrogens with zero attached hydrogens (tertiary/aromatic N) is 1. The second kappa shape index (κ2) is 3.78. The number of fused-ring (bicyclic) bond motifs is 3. The van der Waals surface area contributed by atoms with Crippen LogP contribution in [0.2, 0.25) is 0 Å². The number of piperidine rings is 3. The lowest BCUT2D eigenvalue weighted by atomic mass is 9.83. The van der Waals surface area contributed by atoms with Gasteiger partial charge >= 0.3 is 0 Å². The third kappa shape index (κ3) is 2.33. The fourth-order valence-corrected chi connectivity index (χ4v) is 2.51. The van der Waals surface area contributed by atoms with Gasteiger partial charge in [0.2, 0.25) is 5.91 Å². The van der Waals surface area contributed by atoms with Crippen molar-refractivity contribution in [3.05, 3.63) is 0 Å². The minimum atomic E-state index is -0.258. The third-order valence-corrected chi connectivity index (χ3v) is 3.65. The normalized spacial score (nSPS) is 35.3. The summed E-state index contributed by atoms with van der Waals surface area (Å²) in [6.07, 6.45) is 2.52. The van der Waals surface area contributed by atoms with E-state index in [1.54, 1.807) is 0 Å². The maximum absolute atomic E-state index is 11.9. The summed E-state index contributed by atoms with van der Waals surface area (Å²) in [7, 11) is 0. The molecule has 86 valence electrons. The van der Waals surface area contributed by atoms with Crippen molar-refractivity contribution in [2.45, 2.75) is 39.7 Å². The summed E-state index contributed by atoms with van der Waals surface area (Å²) in [6.45, 7) is 9.45. The van der Waals surface area contributed by atoms with Gasteiger partial charge in [-0.2, -0.15) is 0 Å². The number of rotatable bonds is 1. The molecule has 3 aliphatic heterocycles. The Morgan fingerprint density at radius 3 is 2.27 bits per heavy atom. The molecule has 0 aromatic heterocycles. The van der Waals surface area contributed by atoms with Gasteiger partial charge in [0.1, 0.15) is 0 Å². The average Bonchev–Trinajstić information content (AvgIpc) is 2.18. The van der Waals surface area contributed by atoms with Gasteiger partial charge in [-0.05, 0) is 31.8 Å². The van der Waals surface area contributed by atoms with Gasteiger partial charge in [-0.3, -0.25) is 4.79 Å². The molecular formula is C12H22N2O. The van der Waals surface area contributed by atoms with Gasteiger partial charge in [-0.1, -0.05) is 20.8 Å². The van der Waals surface area contributed by atoms with Crippen LogP contribution in [0.3, 0.4) is 0 Å². The van der Waals surface area contributed by atoms with Crippen molar-refractivity contribution in [1.29, 1.82) is 0 Å². The van der Waals surface area contributed by atoms with Crippen LogP contribution in [0, 0.1) is 11.3 Å². The van der Waals surface area contributed by atoms with Crippen molar-refractivity contribution in [2.24, 2.45) is 11.3 Å². The first-order valence-electron chi connectivity index (χ1n) is 6.00. The molecule has 0 unspecified atom stereocenters. The first kappa shape index (κ1) is 10.9. The van der Waals surface area contributed by atoms with Crippen molar-refractivity contribution in [3.8, 4) is 0 Å². The van der Waals surface area contributed by atoms with E-state index >= 15 is 0 Å². The van der Waals surface area contributed by atoms with Crippen molar-refractivity contribution in [2.75, 3.05) is 19.6 Å². The summed E-state index contributed by atoms with van der Waals surface area (Å²) in [5, 5.41) is 3.21. The summed E-state index contributed by atoms with van der Waals surface area (Å²) in [5.41, 5.74) is -0.258. The molecule has 3 nitrogen and oxygen atoms in total. The first-order valence-corrected chi connectivity index (χ1v) is 6.00. The van der Waals surface area contributed by atoms with Crippen LogP contribution in [-0.4, -0.2) is 36.5 Å². The lowest BCUT2D eigenvalue weighted by Crippen LogP contribution is -2.58. The molecule has 0 aromatic carbocycles. The Morgan fingerprint density at radius 2 is 1.87 bits per heavy atom. The van der Waals surface area contributed by atoms with Crippen molar-refractivity contribution < 1.29 is 4.79 Å². The molecule has 0 aliphatic carbocycles. The molecule has 0 spiro atoms. The van der Waals surface area contributed by atoms with E-state index in [0.717, 1.165) is 12.5 Å². The molecule has 3 heterocycles. The Labute approximate surface area is 92.2 Å². The standard InChI is InChI=1S/C12H22N2O/c1-12(2,3)11(15)13-10-8-14-6-4-9(10)5-7-14/h9-10H,4-8H2,1-3H3,(H,13,15)/t10-/m0/s1. The molecule has 15 heavy (non-hydrogen) atoms. The van der Waals surface area contributed by atoms with Crippen LogP contribution in [0.15, 0.2) is 0 Å². The molecule has 3 rings (SSSR count). The van der Waals surface area contributed by atoms with Gasteiger partial charge in [-0.25, -0.2) is 0 Å². The highest BCUT2D eigenvalue weighted by Crippen LogP contribution is 2.28. The van der Waals surface area contributed by atoms with Gasteiger partial charge in [-0.15, -0.1) is 0 Å². The van der Waals surface area contributed by atoms with Crippen molar-refractivity contribution in [3.63, 3.8) is 0 Å². The lowest BCUT2D eigenvalue weighted by Gasteiger charge is -2.45. The fourth-order valence-electron chi connectivity index (χ4n) is 2.51. The van der Waals surface area contributed by atoms with Gasteiger partial charge in [0.15, 0.2) is 0 Å². The molecule has 3 heteroatoms. The molecule has 0 radical (unpaired) electrons. The predicted molar refractivity (Wildman–Crippen MR) is 60.5 cm³/mol. The number of amides is 1. The monoisotopic (exact) mass is 210 g/mol. The van der Waals surface area contributed by atoms with E-state index in [1.165, 1.54) is 25.9 Å². The molecule has 1 N–H and O–H groups in total. The Balaban J connectivity index is 1.93. The van der Waals surface area contributed by atoms with E-state index in [0.29, 0.717) is 6.04 Å². The topological polar surface area (TPSA) is 32.3 Å². The van der Waals surface area contributed by atoms with Gasteiger partial charge < -0.3 is 10.2 Å². The minimum absolute atomic E-state index is 0.196. The molecular weight excluding hydrogens is 188 g/mol. The van der Waals surface area contributed by atoms with E-state index in [4.69, 9.17) is 0 Å². The van der Waals surface area contributed by atoms with Crippen molar-refractivity contribution in [1.82, 2.24) is 10.2 Å². The summed E-state index contributed by atoms with van der Waals surface area (Å²) < 4.78 is 0. The SMILES string of the molecule is CC(C)(C)C(=O)N[C@H]1CN2CCC1CC2. The van der Waals surface area contributed by atoms with E-state index in [1.807, 2.05) is 20.8 Å². The molecule has 0 saturated carbocycles. The zero-order chi connectivity index (χ0) is 11.1. The highest BCUT2D eigenvalue weighted by molar-refractivity contribution is 5.81. The van der Waals surface area contributed by atoms with Crippen molar-refractivity contribution >= 4 is 5.91 Å². The maximum atomic E-state index is 11.9. The highest BCUT2D eigenvalue weighted by atomic mass is 16.2. The molecule has 1 amide bonds. The molecule has 3 fully saturated rings. The van der Waals surface area contributed by atoms with Crippen LogP contribution >= 0.6 is 0 Å². The summed E-state index contributed by atoms with van der Waals surface area (Å²) in [4.78, 5) is 14.3. The Morgan fingerprint density at radius 1 is 1.27 bits per heavy atom. The Hall–Kier alpha value is -0.570. The molecule has 3 saturated heterocycles. The number of hydrogen-bond donors (Lipinski definition) is 1. The lowest BCUT2D eigenvalue weighted by molar-refractivity contribution is -0.130. The quantitative estimate of drug-likeness (QED) is 0.706. The van der Waals surface area contributed by atoms with Gasteiger partial charge in [0.25, 0.3) is 0 Å². The largest absolute Gasteiger partial charge is 0.351 e. The van der Waals surface area contributed by atoms with E-state index in [2.05, 4.69) is 10.2 Å². The molecule has 3 aliphatic rings. The van der Waals surface area contributed by atoms with Gasteiger partial charge in [0.05, 0.1) is 0 Å². The molecule has 0 aromatic rings. The number of nitrogens with one attached hydrogen (secondary N) is 1. The molecule has 2 bridgehead atoms. The third-order valence-electron chi connectivity index (χ3n) is 3.65. The Bertz CT molecular complexity index is 249. The number of carbonyl (C=O) groups excluding carboxylic acids is 1. The van der Waals surface area contributed by atoms with E-state index in [9.17, 15) is 4.79 Å². The smallest absolute Gasteiger partial charge is 0.225 e. The maximum Gasteiger partial charge on any atom is 0.225 e. The van der Waals surface area contributed by atoms with Crippen LogP contribution in [-0.2, 0) is 4.79 Å². The minimum Gasteiger partial charge on any atom is -0.351 e. The number of hydrogen-bond acceptors (Lipinski definition) is 2. The van der Waals surface area contributed by atoms with Crippen LogP contribution in [0.25, 0.3) is 0 Å². The number of carbonyl (C=O) groups is 1. The Kier molecular flexibility index (Phi) is 2.75. The van der Waals surface area contributed by atoms with E-state index < -0.39 is 0 Å². The summed E-state index contributed by atoms with van der Waals surface area (Å²) >= 11 is 0. The second-order valence-electron chi connectivity index (χ2n) is 5.97. The average molecular weight is 210 g/mol. The van der Waals surface area contributed by atoms with Crippen LogP contribution in [0.5, 0.6) is 0 Å². The summed E-state index contributed by atoms with van der Waals surface area (Å²) in [5.74, 6) is 0.919. The van der Waals surface area contributed by atoms with Crippen LogP contribution < -0.4 is 5.32 Å². The first-order chi connectivity index (χ1) is 6.97.